The summed E-state index contributed by atoms with van der Waals surface area (Å²) in [6.45, 7) is 1.44. The average Bonchev–Trinajstić information content (AvgIpc) is 2.87. The average molecular weight is 344 g/mol. The van der Waals surface area contributed by atoms with Crippen LogP contribution in [-0.2, 0) is 6.18 Å². The van der Waals surface area contributed by atoms with Crippen LogP contribution in [0.4, 0.5) is 18.9 Å². The van der Waals surface area contributed by atoms with Crippen LogP contribution in [0.3, 0.4) is 0 Å². The molecule has 0 aromatic heterocycles. The first-order chi connectivity index (χ1) is 12.0. The summed E-state index contributed by atoms with van der Waals surface area (Å²) in [5.41, 5.74) is 0.657. The van der Waals surface area contributed by atoms with Gasteiger partial charge < -0.3 is 4.90 Å². The maximum Gasteiger partial charge on any atom is 0.417 e. The van der Waals surface area contributed by atoms with E-state index in [0.29, 0.717) is 18.2 Å². The molecule has 0 radical (unpaired) electrons. The van der Waals surface area contributed by atoms with Crippen molar-refractivity contribution in [1.29, 1.82) is 5.26 Å². The number of hydrogen-bond acceptors (Lipinski definition) is 2. The van der Waals surface area contributed by atoms with E-state index in [1.807, 2.05) is 23.1 Å². The number of halogens is 3. The molecule has 1 fully saturated rings. The van der Waals surface area contributed by atoms with Crippen LogP contribution in [0.15, 0.2) is 48.5 Å². The third-order valence-electron chi connectivity index (χ3n) is 4.79. The molecule has 1 aliphatic heterocycles. The molecule has 0 saturated carbocycles. The standard InChI is InChI=1S/C20H19F3N2/c21-20(22,23)19-13-18(9-8-17(19)14-24)25-11-4-7-16(10-12-25)15-5-2-1-3-6-15/h1-3,5-6,8-9,13,16H,4,7,10-12H2. The van der Waals surface area contributed by atoms with Crippen molar-refractivity contribution >= 4 is 5.69 Å². The first-order valence-corrected chi connectivity index (χ1v) is 8.40. The minimum atomic E-state index is -4.51. The Morgan fingerprint density at radius 2 is 1.76 bits per heavy atom. The maximum atomic E-state index is 13.2. The molecule has 2 aromatic rings. The lowest BCUT2D eigenvalue weighted by Gasteiger charge is -2.24. The van der Waals surface area contributed by atoms with Gasteiger partial charge in [0.2, 0.25) is 0 Å². The molecule has 2 nitrogen and oxygen atoms in total. The summed E-state index contributed by atoms with van der Waals surface area (Å²) in [5, 5.41) is 8.93. The fourth-order valence-electron chi connectivity index (χ4n) is 3.47. The molecule has 0 amide bonds. The molecule has 5 heteroatoms. The fraction of sp³-hybridized carbons (Fsp3) is 0.350. The van der Waals surface area contributed by atoms with Crippen molar-refractivity contribution < 1.29 is 13.2 Å². The zero-order chi connectivity index (χ0) is 17.9. The first kappa shape index (κ1) is 17.3. The minimum absolute atomic E-state index is 0.326. The van der Waals surface area contributed by atoms with E-state index in [0.717, 1.165) is 31.9 Å². The molecule has 3 rings (SSSR count). The number of anilines is 1. The Balaban J connectivity index is 1.80. The Kier molecular flexibility index (Phi) is 4.98. The molecule has 130 valence electrons. The van der Waals surface area contributed by atoms with E-state index in [-0.39, 0.29) is 5.56 Å². The highest BCUT2D eigenvalue weighted by Crippen LogP contribution is 2.36. The summed E-state index contributed by atoms with van der Waals surface area (Å²) in [6, 6.07) is 15.9. The van der Waals surface area contributed by atoms with Crippen LogP contribution < -0.4 is 4.90 Å². The van der Waals surface area contributed by atoms with E-state index >= 15 is 0 Å². The zero-order valence-electron chi connectivity index (χ0n) is 13.8. The van der Waals surface area contributed by atoms with Gasteiger partial charge in [-0.3, -0.25) is 0 Å². The summed E-state index contributed by atoms with van der Waals surface area (Å²) in [7, 11) is 0. The molecule has 25 heavy (non-hydrogen) atoms. The smallest absolute Gasteiger partial charge is 0.372 e. The third kappa shape index (κ3) is 3.96. The van der Waals surface area contributed by atoms with Gasteiger partial charge >= 0.3 is 6.18 Å². The molecular formula is C20H19F3N2. The van der Waals surface area contributed by atoms with Crippen LogP contribution in [0.5, 0.6) is 0 Å². The number of alkyl halides is 3. The van der Waals surface area contributed by atoms with Crippen LogP contribution >= 0.6 is 0 Å². The lowest BCUT2D eigenvalue weighted by Crippen LogP contribution is -2.24. The number of nitriles is 1. The van der Waals surface area contributed by atoms with Crippen molar-refractivity contribution in [3.8, 4) is 6.07 Å². The number of nitrogens with zero attached hydrogens (tertiary/aromatic N) is 2. The summed E-state index contributed by atoms with van der Waals surface area (Å²) in [5.74, 6) is 0.437. The zero-order valence-corrected chi connectivity index (χ0v) is 13.8. The van der Waals surface area contributed by atoms with Gasteiger partial charge in [-0.1, -0.05) is 30.3 Å². The second-order valence-electron chi connectivity index (χ2n) is 6.37. The Morgan fingerprint density at radius 1 is 1.00 bits per heavy atom. The van der Waals surface area contributed by atoms with Crippen molar-refractivity contribution in [2.45, 2.75) is 31.4 Å². The summed E-state index contributed by atoms with van der Waals surface area (Å²) in [4.78, 5) is 2.00. The van der Waals surface area contributed by atoms with E-state index in [9.17, 15) is 13.2 Å². The van der Waals surface area contributed by atoms with Gasteiger partial charge in [0.05, 0.1) is 17.2 Å². The molecule has 0 spiro atoms. The lowest BCUT2D eigenvalue weighted by atomic mass is 9.92. The van der Waals surface area contributed by atoms with Crippen LogP contribution in [0.2, 0.25) is 0 Å². The summed E-state index contributed by atoms with van der Waals surface area (Å²) in [6.07, 6.45) is -1.64. The lowest BCUT2D eigenvalue weighted by molar-refractivity contribution is -0.137. The Labute approximate surface area is 145 Å². The molecule has 0 bridgehead atoms. The van der Waals surface area contributed by atoms with Crippen LogP contribution in [0, 0.1) is 11.3 Å². The predicted octanol–water partition coefficient (Wildman–Crippen LogP) is 5.35. The molecule has 1 saturated heterocycles. The van der Waals surface area contributed by atoms with Crippen molar-refractivity contribution in [3.63, 3.8) is 0 Å². The molecular weight excluding hydrogens is 325 g/mol. The molecule has 2 aromatic carbocycles. The van der Waals surface area contributed by atoms with Gasteiger partial charge in [0.25, 0.3) is 0 Å². The normalized spacial score (nSPS) is 18.5. The molecule has 1 unspecified atom stereocenters. The van der Waals surface area contributed by atoms with Crippen molar-refractivity contribution in [1.82, 2.24) is 0 Å². The van der Waals surface area contributed by atoms with Gasteiger partial charge in [-0.05, 0) is 48.9 Å². The fourth-order valence-corrected chi connectivity index (χ4v) is 3.47. The number of benzene rings is 2. The maximum absolute atomic E-state index is 13.2. The van der Waals surface area contributed by atoms with Gasteiger partial charge in [-0.2, -0.15) is 18.4 Å². The molecule has 0 aliphatic carbocycles. The Morgan fingerprint density at radius 3 is 2.44 bits per heavy atom. The summed E-state index contributed by atoms with van der Waals surface area (Å²) >= 11 is 0. The van der Waals surface area contributed by atoms with E-state index in [4.69, 9.17) is 5.26 Å². The predicted molar refractivity (Wildman–Crippen MR) is 91.4 cm³/mol. The quantitative estimate of drug-likeness (QED) is 0.734. The van der Waals surface area contributed by atoms with Gasteiger partial charge in [0.1, 0.15) is 0 Å². The second-order valence-corrected chi connectivity index (χ2v) is 6.37. The monoisotopic (exact) mass is 344 g/mol. The second kappa shape index (κ2) is 7.18. The van der Waals surface area contributed by atoms with Crippen molar-refractivity contribution in [2.75, 3.05) is 18.0 Å². The van der Waals surface area contributed by atoms with Gasteiger partial charge in [-0.15, -0.1) is 0 Å². The highest BCUT2D eigenvalue weighted by Gasteiger charge is 2.34. The van der Waals surface area contributed by atoms with Crippen LogP contribution in [0.25, 0.3) is 0 Å². The Bertz CT molecular complexity index is 763. The van der Waals surface area contributed by atoms with Crippen LogP contribution in [0.1, 0.15) is 41.9 Å². The molecule has 1 aliphatic rings. The third-order valence-corrected chi connectivity index (χ3v) is 4.79. The molecule has 1 heterocycles. The number of rotatable bonds is 2. The highest BCUT2D eigenvalue weighted by atomic mass is 19.4. The largest absolute Gasteiger partial charge is 0.417 e. The van der Waals surface area contributed by atoms with Gasteiger partial charge in [0, 0.05) is 18.8 Å². The minimum Gasteiger partial charge on any atom is -0.372 e. The van der Waals surface area contributed by atoms with E-state index in [1.54, 1.807) is 12.1 Å². The molecule has 0 N–H and O–H groups in total. The Hall–Kier alpha value is -2.48. The topological polar surface area (TPSA) is 27.0 Å². The van der Waals surface area contributed by atoms with Crippen molar-refractivity contribution in [3.05, 3.63) is 65.2 Å². The summed E-state index contributed by atoms with van der Waals surface area (Å²) < 4.78 is 39.5. The van der Waals surface area contributed by atoms with E-state index < -0.39 is 11.7 Å². The van der Waals surface area contributed by atoms with Gasteiger partial charge in [-0.25, -0.2) is 0 Å². The first-order valence-electron chi connectivity index (χ1n) is 8.40. The molecule has 1 atom stereocenters. The number of hydrogen-bond donors (Lipinski definition) is 0. The SMILES string of the molecule is N#Cc1ccc(N2CCCC(c3ccccc3)CC2)cc1C(F)(F)F. The van der Waals surface area contributed by atoms with Gasteiger partial charge in [0.15, 0.2) is 0 Å². The van der Waals surface area contributed by atoms with E-state index in [1.165, 1.54) is 11.6 Å². The van der Waals surface area contributed by atoms with Crippen LogP contribution in [-0.4, -0.2) is 13.1 Å². The van der Waals surface area contributed by atoms with Crippen molar-refractivity contribution in [2.24, 2.45) is 0 Å². The van der Waals surface area contributed by atoms with E-state index in [2.05, 4.69) is 12.1 Å². The highest BCUT2D eigenvalue weighted by molar-refractivity contribution is 5.55.